The number of para-hydroxylation sites is 1. The second-order valence-corrected chi connectivity index (χ2v) is 5.58. The van der Waals surface area contributed by atoms with E-state index < -0.39 is 5.97 Å². The molecule has 1 fully saturated rings. The fourth-order valence-corrected chi connectivity index (χ4v) is 2.89. The predicted octanol–water partition coefficient (Wildman–Crippen LogP) is 2.49. The van der Waals surface area contributed by atoms with E-state index in [0.29, 0.717) is 31.9 Å². The van der Waals surface area contributed by atoms with Crippen LogP contribution in [0.2, 0.25) is 0 Å². The molecule has 0 atom stereocenters. The molecule has 6 heteroatoms. The highest BCUT2D eigenvalue weighted by Gasteiger charge is 2.26. The lowest BCUT2D eigenvalue weighted by Gasteiger charge is -2.36. The number of halogens is 1. The number of rotatable bonds is 3. The molecule has 0 spiro atoms. The molecule has 2 aromatic rings. The summed E-state index contributed by atoms with van der Waals surface area (Å²) in [6, 6.07) is 12.7. The Bertz CT molecular complexity index is 770. The molecule has 0 bridgehead atoms. The smallest absolute Gasteiger partial charge is 0.336 e. The Morgan fingerprint density at radius 1 is 0.875 bits per heavy atom. The minimum Gasteiger partial charge on any atom is -0.478 e. The molecule has 0 aliphatic carbocycles. The Hall–Kier alpha value is -2.89. The summed E-state index contributed by atoms with van der Waals surface area (Å²) < 4.78 is 13.8. The van der Waals surface area contributed by atoms with Gasteiger partial charge in [-0.3, -0.25) is 4.79 Å². The van der Waals surface area contributed by atoms with E-state index in [2.05, 4.69) is 0 Å². The fourth-order valence-electron chi connectivity index (χ4n) is 2.89. The van der Waals surface area contributed by atoms with Crippen LogP contribution < -0.4 is 4.90 Å². The fraction of sp³-hybridized carbons (Fsp3) is 0.222. The third kappa shape index (κ3) is 3.08. The minimum absolute atomic E-state index is 0.000895. The molecule has 1 amide bonds. The number of anilines is 1. The summed E-state index contributed by atoms with van der Waals surface area (Å²) >= 11 is 0. The van der Waals surface area contributed by atoms with Crippen LogP contribution in [0, 0.1) is 5.82 Å². The van der Waals surface area contributed by atoms with Crippen molar-refractivity contribution in [3.63, 3.8) is 0 Å². The van der Waals surface area contributed by atoms with Crippen molar-refractivity contribution >= 4 is 17.6 Å². The molecule has 0 aromatic heterocycles. The van der Waals surface area contributed by atoms with Gasteiger partial charge in [0.1, 0.15) is 5.82 Å². The lowest BCUT2D eigenvalue weighted by molar-refractivity contribution is 0.0673. The first-order chi connectivity index (χ1) is 11.6. The first kappa shape index (κ1) is 16.0. The first-order valence-corrected chi connectivity index (χ1v) is 7.69. The van der Waals surface area contributed by atoms with Crippen LogP contribution >= 0.6 is 0 Å². The van der Waals surface area contributed by atoms with E-state index in [9.17, 15) is 19.1 Å². The quantitative estimate of drug-likeness (QED) is 0.940. The Morgan fingerprint density at radius 3 is 2.08 bits per heavy atom. The highest BCUT2D eigenvalue weighted by Crippen LogP contribution is 2.21. The van der Waals surface area contributed by atoms with Crippen molar-refractivity contribution in [2.24, 2.45) is 0 Å². The average Bonchev–Trinajstić information content (AvgIpc) is 2.62. The SMILES string of the molecule is O=C(O)c1ccccc1C(=O)N1CCN(c2ccccc2F)CC1. The maximum atomic E-state index is 13.8. The molecular weight excluding hydrogens is 311 g/mol. The van der Waals surface area contributed by atoms with E-state index in [4.69, 9.17) is 0 Å². The molecule has 5 nitrogen and oxygen atoms in total. The van der Waals surface area contributed by atoms with Crippen LogP contribution in [0.5, 0.6) is 0 Å². The summed E-state index contributed by atoms with van der Waals surface area (Å²) in [6.45, 7) is 1.84. The van der Waals surface area contributed by atoms with Gasteiger partial charge in [-0.25, -0.2) is 9.18 Å². The standard InChI is InChI=1S/C18H17FN2O3/c19-15-7-3-4-8-16(15)20-9-11-21(12-10-20)17(22)13-5-1-2-6-14(13)18(23)24/h1-8H,9-12H2,(H,23,24). The molecule has 2 aromatic carbocycles. The van der Waals surface area contributed by atoms with E-state index >= 15 is 0 Å². The van der Waals surface area contributed by atoms with E-state index in [0.717, 1.165) is 0 Å². The summed E-state index contributed by atoms with van der Waals surface area (Å²) in [5.41, 5.74) is 0.707. The maximum absolute atomic E-state index is 13.8. The van der Waals surface area contributed by atoms with E-state index in [-0.39, 0.29) is 22.9 Å². The Kier molecular flexibility index (Phi) is 4.46. The van der Waals surface area contributed by atoms with Crippen molar-refractivity contribution in [3.05, 3.63) is 65.5 Å². The second kappa shape index (κ2) is 6.70. The number of carboxylic acid groups (broad SMARTS) is 1. The van der Waals surface area contributed by atoms with Gasteiger partial charge in [0.2, 0.25) is 0 Å². The largest absolute Gasteiger partial charge is 0.478 e. The number of nitrogens with zero attached hydrogens (tertiary/aromatic N) is 2. The highest BCUT2D eigenvalue weighted by atomic mass is 19.1. The molecule has 124 valence electrons. The molecule has 0 saturated carbocycles. The van der Waals surface area contributed by atoms with E-state index in [1.807, 2.05) is 4.90 Å². The number of piperazine rings is 1. The van der Waals surface area contributed by atoms with Gasteiger partial charge in [-0.05, 0) is 24.3 Å². The molecule has 1 saturated heterocycles. The van der Waals surface area contributed by atoms with Gasteiger partial charge in [-0.1, -0.05) is 24.3 Å². The maximum Gasteiger partial charge on any atom is 0.336 e. The van der Waals surface area contributed by atoms with Crippen LogP contribution in [0.15, 0.2) is 48.5 Å². The van der Waals surface area contributed by atoms with E-state index in [1.165, 1.54) is 18.2 Å². The molecule has 1 heterocycles. The molecule has 0 radical (unpaired) electrons. The molecule has 24 heavy (non-hydrogen) atoms. The molecule has 1 N–H and O–H groups in total. The first-order valence-electron chi connectivity index (χ1n) is 7.69. The van der Waals surface area contributed by atoms with Crippen molar-refractivity contribution in [2.45, 2.75) is 0 Å². The van der Waals surface area contributed by atoms with Crippen LogP contribution in [0.3, 0.4) is 0 Å². The number of carbonyl (C=O) groups is 2. The Morgan fingerprint density at radius 2 is 1.46 bits per heavy atom. The lowest BCUT2D eigenvalue weighted by atomic mass is 10.1. The van der Waals surface area contributed by atoms with Gasteiger partial charge < -0.3 is 14.9 Å². The van der Waals surface area contributed by atoms with Crippen molar-refractivity contribution in [1.29, 1.82) is 0 Å². The van der Waals surface area contributed by atoms with Crippen LogP contribution in [0.4, 0.5) is 10.1 Å². The van der Waals surface area contributed by atoms with Crippen molar-refractivity contribution in [1.82, 2.24) is 4.90 Å². The topological polar surface area (TPSA) is 60.9 Å². The van der Waals surface area contributed by atoms with Gasteiger partial charge in [0.05, 0.1) is 16.8 Å². The molecule has 1 aliphatic rings. The van der Waals surface area contributed by atoms with Crippen LogP contribution in [0.1, 0.15) is 20.7 Å². The number of carbonyl (C=O) groups excluding carboxylic acids is 1. The molecule has 0 unspecified atom stereocenters. The molecule has 1 aliphatic heterocycles. The van der Waals surface area contributed by atoms with Gasteiger partial charge in [-0.15, -0.1) is 0 Å². The zero-order valence-electron chi connectivity index (χ0n) is 13.0. The summed E-state index contributed by atoms with van der Waals surface area (Å²) in [5.74, 6) is -1.71. The average molecular weight is 328 g/mol. The predicted molar refractivity (Wildman–Crippen MR) is 87.9 cm³/mol. The molecular formula is C18H17FN2O3. The Balaban J connectivity index is 1.72. The van der Waals surface area contributed by atoms with E-state index in [1.54, 1.807) is 35.2 Å². The zero-order chi connectivity index (χ0) is 17.1. The summed E-state index contributed by atoms with van der Waals surface area (Å²) in [4.78, 5) is 27.4. The summed E-state index contributed by atoms with van der Waals surface area (Å²) in [7, 11) is 0. The molecule has 3 rings (SSSR count). The third-order valence-electron chi connectivity index (χ3n) is 4.15. The number of carboxylic acids is 1. The van der Waals surface area contributed by atoms with Gasteiger partial charge in [-0.2, -0.15) is 0 Å². The summed E-state index contributed by atoms with van der Waals surface area (Å²) in [6.07, 6.45) is 0. The number of benzene rings is 2. The Labute approximate surface area is 138 Å². The van der Waals surface area contributed by atoms with Crippen molar-refractivity contribution < 1.29 is 19.1 Å². The van der Waals surface area contributed by atoms with Crippen LogP contribution in [-0.4, -0.2) is 48.1 Å². The zero-order valence-corrected chi connectivity index (χ0v) is 13.0. The second-order valence-electron chi connectivity index (χ2n) is 5.58. The van der Waals surface area contributed by atoms with Crippen molar-refractivity contribution in [3.8, 4) is 0 Å². The highest BCUT2D eigenvalue weighted by molar-refractivity contribution is 6.04. The van der Waals surface area contributed by atoms with Crippen LogP contribution in [-0.2, 0) is 0 Å². The van der Waals surface area contributed by atoms with Gasteiger partial charge >= 0.3 is 5.97 Å². The van der Waals surface area contributed by atoms with Crippen molar-refractivity contribution in [2.75, 3.05) is 31.1 Å². The monoisotopic (exact) mass is 328 g/mol. The van der Waals surface area contributed by atoms with Gasteiger partial charge in [0.25, 0.3) is 5.91 Å². The summed E-state index contributed by atoms with van der Waals surface area (Å²) in [5, 5.41) is 9.21. The number of hydrogen-bond donors (Lipinski definition) is 1. The van der Waals surface area contributed by atoms with Gasteiger partial charge in [0.15, 0.2) is 0 Å². The van der Waals surface area contributed by atoms with Gasteiger partial charge in [0, 0.05) is 26.2 Å². The number of hydrogen-bond acceptors (Lipinski definition) is 3. The normalized spacial score (nSPS) is 14.5. The lowest BCUT2D eigenvalue weighted by Crippen LogP contribution is -2.49. The number of aromatic carboxylic acids is 1. The minimum atomic E-state index is -1.12. The van der Waals surface area contributed by atoms with Crippen LogP contribution in [0.25, 0.3) is 0 Å². The number of amides is 1. The third-order valence-corrected chi connectivity index (χ3v) is 4.15.